The summed E-state index contributed by atoms with van der Waals surface area (Å²) in [6.45, 7) is 3.97. The van der Waals surface area contributed by atoms with Crippen LogP contribution >= 0.6 is 0 Å². The summed E-state index contributed by atoms with van der Waals surface area (Å²) in [7, 11) is 0. The maximum Gasteiger partial charge on any atom is 0.159 e. The molecule has 7 aromatic rings. The first-order valence-electron chi connectivity index (χ1n) is 17.1. The number of fused-ring (bicyclic) bond motifs is 7. The van der Waals surface area contributed by atoms with Crippen molar-refractivity contribution >= 4 is 18.3 Å². The van der Waals surface area contributed by atoms with Gasteiger partial charge in [-0.1, -0.05) is 176 Å². The minimum absolute atomic E-state index is 0.542. The van der Waals surface area contributed by atoms with Crippen LogP contribution in [-0.4, -0.2) is 12.6 Å². The van der Waals surface area contributed by atoms with E-state index >= 15 is 0 Å². The number of benzene rings is 7. The lowest BCUT2D eigenvalue weighted by molar-refractivity contribution is 0.740. The van der Waals surface area contributed by atoms with Crippen molar-refractivity contribution in [2.45, 2.75) is 11.8 Å². The average Bonchev–Trinajstić information content (AvgIpc) is 3.64. The molecule has 50 heavy (non-hydrogen) atoms. The lowest BCUT2D eigenvalue weighted by atomic mass is 9.68. The summed E-state index contributed by atoms with van der Waals surface area (Å²) in [5.41, 5.74) is 16.2. The van der Waals surface area contributed by atoms with Gasteiger partial charge in [-0.05, 0) is 80.4 Å². The molecule has 0 aromatic heterocycles. The van der Waals surface area contributed by atoms with Gasteiger partial charge in [0, 0.05) is 11.1 Å². The van der Waals surface area contributed by atoms with E-state index in [9.17, 15) is 0 Å². The maximum absolute atomic E-state index is 5.43. The van der Waals surface area contributed by atoms with Crippen LogP contribution in [0.25, 0.3) is 39.1 Å². The first-order valence-corrected chi connectivity index (χ1v) is 17.1. The van der Waals surface area contributed by atoms with E-state index in [0.717, 1.165) is 23.2 Å². The van der Waals surface area contributed by atoms with Gasteiger partial charge in [0.1, 0.15) is 0 Å². The second kappa shape index (κ2) is 12.3. The minimum atomic E-state index is -0.542. The first-order chi connectivity index (χ1) is 24.8. The molecule has 236 valence electrons. The molecule has 0 radical (unpaired) electrons. The fourth-order valence-corrected chi connectivity index (χ4v) is 8.11. The molecule has 2 nitrogen and oxygen atoms in total. The predicted octanol–water partition coefficient (Wildman–Crippen LogP) is 11.5. The SMILES string of the molecule is C=N/C(=N\C1=C(Cc2ccccc2)C2(c3ccccc31)c1ccccc1-c1ccc(-c3ccc(-c4ccccc4)cc3)cc12)c1ccccc1. The van der Waals surface area contributed by atoms with Gasteiger partial charge in [-0.2, -0.15) is 0 Å². The van der Waals surface area contributed by atoms with Crippen LogP contribution in [0.5, 0.6) is 0 Å². The van der Waals surface area contributed by atoms with Gasteiger partial charge in [0.15, 0.2) is 5.84 Å². The van der Waals surface area contributed by atoms with Crippen LogP contribution in [0.1, 0.15) is 33.4 Å². The van der Waals surface area contributed by atoms with Crippen molar-refractivity contribution in [3.05, 3.63) is 221 Å². The molecule has 1 atom stereocenters. The van der Waals surface area contributed by atoms with Crippen LogP contribution in [-0.2, 0) is 11.8 Å². The Morgan fingerprint density at radius 1 is 0.460 bits per heavy atom. The third kappa shape index (κ3) is 4.72. The second-order valence-corrected chi connectivity index (χ2v) is 13.0. The molecule has 1 spiro atoms. The lowest BCUT2D eigenvalue weighted by Gasteiger charge is -2.33. The summed E-state index contributed by atoms with van der Waals surface area (Å²) in [6, 6.07) is 65.3. The standard InChI is InChI=1S/C48H34N2/c1-49-47(37-19-9-4-10-20-37)50-46-41-22-12-14-24-43(41)48(45(46)31-33-15-5-2-6-16-33)42-23-13-11-21-39(42)40-30-29-38(32-44(40)48)36-27-25-35(26-28-36)34-17-7-3-8-18-34/h2-30,32H,1,31H2/b50-47-. The minimum Gasteiger partial charge on any atom is -0.245 e. The fourth-order valence-electron chi connectivity index (χ4n) is 8.11. The van der Waals surface area contributed by atoms with Crippen molar-refractivity contribution in [3.8, 4) is 33.4 Å². The Labute approximate surface area is 293 Å². The summed E-state index contributed by atoms with van der Waals surface area (Å²) in [5, 5.41) is 0. The molecule has 0 saturated carbocycles. The Bertz CT molecular complexity index is 2440. The highest BCUT2D eigenvalue weighted by Gasteiger charge is 2.53. The highest BCUT2D eigenvalue weighted by molar-refractivity contribution is 6.06. The highest BCUT2D eigenvalue weighted by Crippen LogP contribution is 2.63. The van der Waals surface area contributed by atoms with Crippen molar-refractivity contribution in [2.75, 3.05) is 0 Å². The smallest absolute Gasteiger partial charge is 0.159 e. The molecule has 2 aliphatic carbocycles. The largest absolute Gasteiger partial charge is 0.245 e. The Hall–Kier alpha value is -6.38. The Morgan fingerprint density at radius 3 is 1.64 bits per heavy atom. The third-order valence-corrected chi connectivity index (χ3v) is 10.3. The topological polar surface area (TPSA) is 24.7 Å². The molecule has 0 bridgehead atoms. The summed E-state index contributed by atoms with van der Waals surface area (Å²) in [5.74, 6) is 0.622. The van der Waals surface area contributed by atoms with E-state index in [1.807, 2.05) is 18.2 Å². The number of hydrogen-bond acceptors (Lipinski definition) is 1. The second-order valence-electron chi connectivity index (χ2n) is 13.0. The first kappa shape index (κ1) is 29.7. The number of aliphatic imine (C=N–C) groups is 2. The predicted molar refractivity (Wildman–Crippen MR) is 209 cm³/mol. The summed E-state index contributed by atoms with van der Waals surface area (Å²) >= 11 is 0. The zero-order chi connectivity index (χ0) is 33.5. The monoisotopic (exact) mass is 638 g/mol. The third-order valence-electron chi connectivity index (χ3n) is 10.3. The van der Waals surface area contributed by atoms with E-state index in [0.29, 0.717) is 5.84 Å². The number of amidine groups is 1. The molecule has 1 unspecified atom stereocenters. The van der Waals surface area contributed by atoms with Crippen LogP contribution < -0.4 is 0 Å². The zero-order valence-electron chi connectivity index (χ0n) is 27.6. The fraction of sp³-hybridized carbons (Fsp3) is 0.0417. The van der Waals surface area contributed by atoms with E-state index in [-0.39, 0.29) is 0 Å². The van der Waals surface area contributed by atoms with Gasteiger partial charge >= 0.3 is 0 Å². The van der Waals surface area contributed by atoms with Gasteiger partial charge in [-0.3, -0.25) is 0 Å². The number of rotatable bonds is 6. The molecule has 7 aromatic carbocycles. The highest BCUT2D eigenvalue weighted by atomic mass is 14.9. The Morgan fingerprint density at radius 2 is 0.960 bits per heavy atom. The number of allylic oxidation sites excluding steroid dienone is 1. The molecule has 0 heterocycles. The van der Waals surface area contributed by atoms with Crippen molar-refractivity contribution in [1.82, 2.24) is 0 Å². The molecule has 0 N–H and O–H groups in total. The van der Waals surface area contributed by atoms with Gasteiger partial charge in [-0.15, -0.1) is 0 Å². The van der Waals surface area contributed by atoms with E-state index in [1.165, 1.54) is 61.2 Å². The van der Waals surface area contributed by atoms with Crippen LogP contribution in [0, 0.1) is 0 Å². The molecule has 0 saturated heterocycles. The van der Waals surface area contributed by atoms with Gasteiger partial charge in [0.2, 0.25) is 0 Å². The van der Waals surface area contributed by atoms with Crippen LogP contribution in [0.4, 0.5) is 0 Å². The van der Waals surface area contributed by atoms with Crippen molar-refractivity contribution in [2.24, 2.45) is 9.98 Å². The molecule has 0 amide bonds. The average molecular weight is 639 g/mol. The maximum atomic E-state index is 5.43. The van der Waals surface area contributed by atoms with Gasteiger partial charge < -0.3 is 0 Å². The summed E-state index contributed by atoms with van der Waals surface area (Å²) < 4.78 is 0. The van der Waals surface area contributed by atoms with Crippen molar-refractivity contribution in [3.63, 3.8) is 0 Å². The van der Waals surface area contributed by atoms with Crippen LogP contribution in [0.3, 0.4) is 0 Å². The molecule has 2 heteroatoms. The molecule has 0 fully saturated rings. The lowest BCUT2D eigenvalue weighted by Crippen LogP contribution is -2.28. The molecule has 0 aliphatic heterocycles. The van der Waals surface area contributed by atoms with Gasteiger partial charge in [0.05, 0.1) is 11.1 Å². The van der Waals surface area contributed by atoms with E-state index in [2.05, 4.69) is 176 Å². The summed E-state index contributed by atoms with van der Waals surface area (Å²) in [6.07, 6.45) is 0.733. The summed E-state index contributed by atoms with van der Waals surface area (Å²) in [4.78, 5) is 9.92. The number of nitrogens with zero attached hydrogens (tertiary/aromatic N) is 2. The van der Waals surface area contributed by atoms with Crippen molar-refractivity contribution < 1.29 is 0 Å². The molecular weight excluding hydrogens is 605 g/mol. The van der Waals surface area contributed by atoms with E-state index in [4.69, 9.17) is 4.99 Å². The normalized spacial score (nSPS) is 15.9. The van der Waals surface area contributed by atoms with E-state index in [1.54, 1.807) is 0 Å². The molecule has 9 rings (SSSR count). The quantitative estimate of drug-likeness (QED) is 0.128. The zero-order valence-corrected chi connectivity index (χ0v) is 27.6. The Balaban J connectivity index is 1.31. The van der Waals surface area contributed by atoms with Crippen LogP contribution in [0.2, 0.25) is 0 Å². The van der Waals surface area contributed by atoms with E-state index < -0.39 is 5.41 Å². The van der Waals surface area contributed by atoms with Gasteiger partial charge in [0.25, 0.3) is 0 Å². The molecule has 2 aliphatic rings. The van der Waals surface area contributed by atoms with Crippen LogP contribution in [0.15, 0.2) is 198 Å². The van der Waals surface area contributed by atoms with Crippen molar-refractivity contribution in [1.29, 1.82) is 0 Å². The Kier molecular flexibility index (Phi) is 7.29. The molecular formula is C48H34N2. The number of hydrogen-bond donors (Lipinski definition) is 0. The van der Waals surface area contributed by atoms with Gasteiger partial charge in [-0.25, -0.2) is 9.98 Å².